The molecule has 12 rings (SSSR count). The van der Waals surface area contributed by atoms with Crippen LogP contribution < -0.4 is 4.90 Å². The molecule has 0 fully saturated rings. The lowest BCUT2D eigenvalue weighted by Crippen LogP contribution is -2.09. The first kappa shape index (κ1) is 33.9. The van der Waals surface area contributed by atoms with Crippen LogP contribution in [0.3, 0.4) is 0 Å². The van der Waals surface area contributed by atoms with Crippen molar-refractivity contribution in [1.29, 1.82) is 0 Å². The van der Waals surface area contributed by atoms with E-state index in [1.807, 2.05) is 36.4 Å². The van der Waals surface area contributed by atoms with Crippen molar-refractivity contribution >= 4 is 72.0 Å². The van der Waals surface area contributed by atoms with E-state index < -0.39 is 0 Å². The molecule has 0 aliphatic rings. The van der Waals surface area contributed by atoms with Gasteiger partial charge in [0, 0.05) is 62.0 Å². The highest BCUT2D eigenvalue weighted by atomic mass is 16.3. The van der Waals surface area contributed by atoms with E-state index in [-0.39, 0.29) is 0 Å². The number of hydrogen-bond acceptors (Lipinski definition) is 4. The summed E-state index contributed by atoms with van der Waals surface area (Å²) < 4.78 is 15.0. The van der Waals surface area contributed by atoms with Crippen LogP contribution in [0.15, 0.2) is 221 Å². The van der Waals surface area contributed by atoms with Gasteiger partial charge in [-0.1, -0.05) is 121 Å². The maximum absolute atomic E-state index is 6.37. The third kappa shape index (κ3) is 5.67. The first-order valence-corrected chi connectivity index (χ1v) is 20.2. The van der Waals surface area contributed by atoms with Crippen LogP contribution in [0.5, 0.6) is 0 Å². The minimum absolute atomic E-state index is 0.846. The van der Waals surface area contributed by atoms with Crippen LogP contribution in [-0.2, 0) is 0 Å². The fourth-order valence-electron chi connectivity index (χ4n) is 8.71. The van der Waals surface area contributed by atoms with Gasteiger partial charge in [0.1, 0.15) is 28.2 Å². The lowest BCUT2D eigenvalue weighted by molar-refractivity contribution is 0.669. The predicted molar refractivity (Wildman–Crippen MR) is 247 cm³/mol. The summed E-state index contributed by atoms with van der Waals surface area (Å²) in [7, 11) is 0. The van der Waals surface area contributed by atoms with Crippen LogP contribution in [0.2, 0.25) is 0 Å². The molecule has 60 heavy (non-hydrogen) atoms. The molecule has 0 aliphatic heterocycles. The van der Waals surface area contributed by atoms with Crippen LogP contribution in [0.25, 0.3) is 94.2 Å². The van der Waals surface area contributed by atoms with Crippen molar-refractivity contribution < 1.29 is 8.83 Å². The van der Waals surface area contributed by atoms with Crippen LogP contribution in [0, 0.1) is 0 Å². The first-order valence-electron chi connectivity index (χ1n) is 20.2. The van der Waals surface area contributed by atoms with E-state index in [9.17, 15) is 0 Å². The lowest BCUT2D eigenvalue weighted by atomic mass is 9.98. The second-order valence-corrected chi connectivity index (χ2v) is 15.2. The van der Waals surface area contributed by atoms with E-state index in [1.54, 1.807) is 0 Å². The first-order chi connectivity index (χ1) is 29.7. The Balaban J connectivity index is 0.924. The summed E-state index contributed by atoms with van der Waals surface area (Å²) in [6.45, 7) is 0. The van der Waals surface area contributed by atoms with Gasteiger partial charge in [0.25, 0.3) is 0 Å². The van der Waals surface area contributed by atoms with Gasteiger partial charge in [-0.2, -0.15) is 0 Å². The molecule has 3 aromatic heterocycles. The van der Waals surface area contributed by atoms with Gasteiger partial charge in [-0.3, -0.25) is 4.57 Å². The molecule has 9 aromatic carbocycles. The number of aromatic nitrogens is 2. The quantitative estimate of drug-likeness (QED) is 0.162. The summed E-state index contributed by atoms with van der Waals surface area (Å²) in [4.78, 5) is 7.47. The van der Waals surface area contributed by atoms with Gasteiger partial charge >= 0.3 is 0 Å². The van der Waals surface area contributed by atoms with Crippen molar-refractivity contribution in [2.75, 3.05) is 4.90 Å². The monoisotopic (exact) mass is 769 g/mol. The SMILES string of the molecule is c1ccc(-c2nc3cc(-c4cccc(-c5ccc(N(c6ccc7c(c6)oc6ccccc67)c6ccc7c(c6)oc6ccccc67)cc5)c4)ccc3n2-c2ccccc2)cc1. The van der Waals surface area contributed by atoms with Crippen molar-refractivity contribution in [2.45, 2.75) is 0 Å². The van der Waals surface area contributed by atoms with E-state index in [0.717, 1.165) is 111 Å². The molecular formula is C55H35N3O2. The standard InChI is InChI=1S/C55H35N3O2/c1-3-12-37(13-4-1)55-56-49-33-40(24-31-50(49)58(55)41-16-5-2-6-17-41)39-15-11-14-38(32-39)36-22-25-42(26-23-36)57(43-27-29-47-45-18-7-9-20-51(45)59-53(47)34-43)44-28-30-48-46-19-8-10-21-52(46)60-54(48)35-44/h1-35H. The fourth-order valence-corrected chi connectivity index (χ4v) is 8.71. The molecule has 0 spiro atoms. The number of para-hydroxylation sites is 3. The van der Waals surface area contributed by atoms with Crippen LogP contribution in [-0.4, -0.2) is 9.55 Å². The Morgan fingerprint density at radius 1 is 0.350 bits per heavy atom. The number of rotatable bonds is 7. The third-order valence-corrected chi connectivity index (χ3v) is 11.6. The van der Waals surface area contributed by atoms with Crippen LogP contribution in [0.1, 0.15) is 0 Å². The molecule has 0 radical (unpaired) electrons. The van der Waals surface area contributed by atoms with Crippen molar-refractivity contribution in [2.24, 2.45) is 0 Å². The molecule has 0 atom stereocenters. The highest BCUT2D eigenvalue weighted by Gasteiger charge is 2.19. The van der Waals surface area contributed by atoms with Gasteiger partial charge in [0.15, 0.2) is 0 Å². The Morgan fingerprint density at radius 3 is 1.50 bits per heavy atom. The van der Waals surface area contributed by atoms with E-state index in [4.69, 9.17) is 13.8 Å². The maximum atomic E-state index is 6.37. The molecule has 3 heterocycles. The van der Waals surface area contributed by atoms with Crippen LogP contribution in [0.4, 0.5) is 17.1 Å². The normalized spacial score (nSPS) is 11.7. The Hall–Kier alpha value is -8.15. The van der Waals surface area contributed by atoms with E-state index in [0.29, 0.717) is 0 Å². The Kier molecular flexibility index (Phi) is 7.78. The Labute approximate surface area is 345 Å². The molecule has 0 aliphatic carbocycles. The summed E-state index contributed by atoms with van der Waals surface area (Å²) in [5.74, 6) is 0.923. The summed E-state index contributed by atoms with van der Waals surface area (Å²) in [6.07, 6.45) is 0. The molecule has 12 aromatic rings. The Bertz CT molecular complexity index is 3430. The van der Waals surface area contributed by atoms with Gasteiger partial charge in [-0.15, -0.1) is 0 Å². The molecule has 0 amide bonds. The average molecular weight is 770 g/mol. The summed E-state index contributed by atoms with van der Waals surface area (Å²) in [6, 6.07) is 74.4. The zero-order valence-electron chi connectivity index (χ0n) is 32.4. The molecule has 5 nitrogen and oxygen atoms in total. The van der Waals surface area contributed by atoms with E-state index in [1.165, 1.54) is 0 Å². The minimum Gasteiger partial charge on any atom is -0.456 e. The third-order valence-electron chi connectivity index (χ3n) is 11.6. The van der Waals surface area contributed by atoms with Crippen molar-refractivity contribution in [3.63, 3.8) is 0 Å². The topological polar surface area (TPSA) is 47.3 Å². The van der Waals surface area contributed by atoms with Gasteiger partial charge in [0.2, 0.25) is 0 Å². The number of fused-ring (bicyclic) bond motifs is 7. The largest absolute Gasteiger partial charge is 0.456 e. The second-order valence-electron chi connectivity index (χ2n) is 15.2. The number of hydrogen-bond donors (Lipinski definition) is 0. The number of benzene rings is 9. The fraction of sp³-hybridized carbons (Fsp3) is 0. The average Bonchev–Trinajstić information content (AvgIpc) is 4.01. The molecular weight excluding hydrogens is 735 g/mol. The molecule has 282 valence electrons. The van der Waals surface area contributed by atoms with Crippen LogP contribution >= 0.6 is 0 Å². The van der Waals surface area contributed by atoms with E-state index >= 15 is 0 Å². The maximum Gasteiger partial charge on any atom is 0.145 e. The highest BCUT2D eigenvalue weighted by Crippen LogP contribution is 2.42. The van der Waals surface area contributed by atoms with Crippen molar-refractivity contribution in [3.05, 3.63) is 212 Å². The minimum atomic E-state index is 0.846. The van der Waals surface area contributed by atoms with Crippen molar-refractivity contribution in [3.8, 4) is 39.3 Å². The summed E-state index contributed by atoms with van der Waals surface area (Å²) in [5.41, 5.74) is 15.2. The second kappa shape index (κ2) is 13.8. The van der Waals surface area contributed by atoms with Gasteiger partial charge in [-0.25, -0.2) is 4.98 Å². The smallest absolute Gasteiger partial charge is 0.145 e. The zero-order valence-corrected chi connectivity index (χ0v) is 32.4. The molecule has 0 bridgehead atoms. The molecule has 0 saturated carbocycles. The van der Waals surface area contributed by atoms with E-state index in [2.05, 4.69) is 185 Å². The molecule has 5 heteroatoms. The predicted octanol–water partition coefficient (Wildman–Crippen LogP) is 15.3. The molecule has 0 N–H and O–H groups in total. The number of imidazole rings is 1. The van der Waals surface area contributed by atoms with Gasteiger partial charge < -0.3 is 13.7 Å². The summed E-state index contributed by atoms with van der Waals surface area (Å²) >= 11 is 0. The number of anilines is 3. The summed E-state index contributed by atoms with van der Waals surface area (Å²) in [5, 5.41) is 4.41. The molecule has 0 saturated heterocycles. The van der Waals surface area contributed by atoms with Gasteiger partial charge in [0.05, 0.1) is 11.0 Å². The number of furan rings is 2. The Morgan fingerprint density at radius 2 is 0.850 bits per heavy atom. The zero-order chi connectivity index (χ0) is 39.6. The number of nitrogens with zero attached hydrogens (tertiary/aromatic N) is 3. The van der Waals surface area contributed by atoms with Crippen molar-refractivity contribution in [1.82, 2.24) is 9.55 Å². The van der Waals surface area contributed by atoms with Gasteiger partial charge in [-0.05, 0) is 101 Å². The molecule has 0 unspecified atom stereocenters. The lowest BCUT2D eigenvalue weighted by Gasteiger charge is -2.25. The highest BCUT2D eigenvalue weighted by molar-refractivity contribution is 6.08.